The highest BCUT2D eigenvalue weighted by Gasteiger charge is 2.22. The molecule has 2 aromatic rings. The number of nitrogens with zero attached hydrogens (tertiary/aromatic N) is 2. The van der Waals surface area contributed by atoms with Crippen LogP contribution in [0.4, 0.5) is 0 Å². The summed E-state index contributed by atoms with van der Waals surface area (Å²) >= 11 is 4.65. The lowest BCUT2D eigenvalue weighted by Crippen LogP contribution is -2.03. The van der Waals surface area contributed by atoms with E-state index in [9.17, 15) is 4.79 Å². The topological polar surface area (TPSA) is 65.2 Å². The maximum absolute atomic E-state index is 11.4. The van der Waals surface area contributed by atoms with E-state index < -0.39 is 5.97 Å². The number of hydrogen-bond acceptors (Lipinski definition) is 6. The number of ether oxygens (including phenoxy) is 1. The van der Waals surface area contributed by atoms with Gasteiger partial charge in [0.2, 0.25) is 0 Å². The maximum atomic E-state index is 11.4. The Balaban J connectivity index is 2.52. The largest absolute Gasteiger partial charge is 0.464 e. The van der Waals surface area contributed by atoms with Gasteiger partial charge in [-0.3, -0.25) is 0 Å². The number of hydrogen-bond donors (Lipinski definition) is 0. The predicted molar refractivity (Wildman–Crippen MR) is 61.4 cm³/mol. The smallest absolute Gasteiger partial charge is 0.360 e. The molecule has 2 aromatic heterocycles. The fourth-order valence-electron chi connectivity index (χ4n) is 1.17. The first-order chi connectivity index (χ1) is 7.61. The van der Waals surface area contributed by atoms with Crippen molar-refractivity contribution in [2.24, 2.45) is 0 Å². The maximum Gasteiger partial charge on any atom is 0.360 e. The Morgan fingerprint density at radius 3 is 2.94 bits per heavy atom. The fourth-order valence-corrected chi connectivity index (χ4v) is 2.36. The van der Waals surface area contributed by atoms with Crippen molar-refractivity contribution < 1.29 is 13.9 Å². The summed E-state index contributed by atoms with van der Waals surface area (Å²) in [6.07, 6.45) is 1.64. The summed E-state index contributed by atoms with van der Waals surface area (Å²) in [5, 5.41) is 0.591. The molecule has 0 aliphatic rings. The summed E-state index contributed by atoms with van der Waals surface area (Å²) in [7, 11) is 1.30. The van der Waals surface area contributed by atoms with Gasteiger partial charge in [0, 0.05) is 6.92 Å². The van der Waals surface area contributed by atoms with Crippen molar-refractivity contribution in [1.29, 1.82) is 0 Å². The second kappa shape index (κ2) is 4.34. The molecule has 0 aliphatic heterocycles. The van der Waals surface area contributed by atoms with Crippen molar-refractivity contribution in [3.05, 3.63) is 21.6 Å². The van der Waals surface area contributed by atoms with Gasteiger partial charge < -0.3 is 9.15 Å². The van der Waals surface area contributed by atoms with Crippen LogP contribution >= 0.6 is 27.3 Å². The van der Waals surface area contributed by atoms with Gasteiger partial charge in [0.25, 0.3) is 0 Å². The van der Waals surface area contributed by atoms with Crippen molar-refractivity contribution in [3.63, 3.8) is 0 Å². The molecule has 0 N–H and O–H groups in total. The molecule has 5 nitrogen and oxygen atoms in total. The van der Waals surface area contributed by atoms with E-state index >= 15 is 0 Å². The van der Waals surface area contributed by atoms with E-state index in [1.165, 1.54) is 18.4 Å². The number of thiazole rings is 1. The molecule has 0 fully saturated rings. The van der Waals surface area contributed by atoms with E-state index in [0.29, 0.717) is 16.7 Å². The first-order valence-electron chi connectivity index (χ1n) is 4.29. The summed E-state index contributed by atoms with van der Waals surface area (Å²) in [6.45, 7) is 1.67. The van der Waals surface area contributed by atoms with Gasteiger partial charge in [-0.05, 0) is 15.9 Å². The number of oxazole rings is 1. The van der Waals surface area contributed by atoms with Crippen molar-refractivity contribution >= 4 is 33.2 Å². The van der Waals surface area contributed by atoms with E-state index in [2.05, 4.69) is 30.6 Å². The van der Waals surface area contributed by atoms with Crippen LogP contribution in [-0.2, 0) is 4.74 Å². The number of methoxy groups -OCH3 is 1. The minimum atomic E-state index is -0.529. The molecule has 0 unspecified atom stereocenters. The van der Waals surface area contributed by atoms with E-state index in [-0.39, 0.29) is 5.69 Å². The van der Waals surface area contributed by atoms with Crippen LogP contribution in [0.3, 0.4) is 0 Å². The minimum absolute atomic E-state index is 0.154. The van der Waals surface area contributed by atoms with Crippen molar-refractivity contribution in [3.8, 4) is 10.8 Å². The molecule has 16 heavy (non-hydrogen) atoms. The lowest BCUT2D eigenvalue weighted by molar-refractivity contribution is 0.0595. The molecule has 7 heteroatoms. The van der Waals surface area contributed by atoms with Gasteiger partial charge in [0.05, 0.1) is 17.1 Å². The highest BCUT2D eigenvalue weighted by molar-refractivity contribution is 9.11. The fraction of sp³-hybridized carbons (Fsp3) is 0.222. The second-order valence-electron chi connectivity index (χ2n) is 2.87. The average molecular weight is 303 g/mol. The molecule has 0 aromatic carbocycles. The molecule has 2 heterocycles. The Hall–Kier alpha value is -1.21. The van der Waals surface area contributed by atoms with Gasteiger partial charge >= 0.3 is 5.97 Å². The molecule has 0 saturated heterocycles. The van der Waals surface area contributed by atoms with Crippen LogP contribution in [0, 0.1) is 6.92 Å². The summed E-state index contributed by atoms with van der Waals surface area (Å²) in [5.41, 5.74) is 0.154. The minimum Gasteiger partial charge on any atom is -0.464 e. The Labute approximate surface area is 104 Å². The van der Waals surface area contributed by atoms with Crippen LogP contribution in [0.2, 0.25) is 0 Å². The SMILES string of the molecule is COC(=O)c1nc(C)oc1-c1ncc(Br)s1. The van der Waals surface area contributed by atoms with Crippen LogP contribution in [0.25, 0.3) is 10.8 Å². The highest BCUT2D eigenvalue weighted by atomic mass is 79.9. The van der Waals surface area contributed by atoms with Crippen molar-refractivity contribution in [1.82, 2.24) is 9.97 Å². The Kier molecular flexibility index (Phi) is 3.06. The monoisotopic (exact) mass is 302 g/mol. The van der Waals surface area contributed by atoms with Crippen LogP contribution < -0.4 is 0 Å². The van der Waals surface area contributed by atoms with Gasteiger partial charge in [0.1, 0.15) is 0 Å². The number of aryl methyl sites for hydroxylation is 1. The molecule has 0 saturated carbocycles. The third-order valence-electron chi connectivity index (χ3n) is 1.78. The molecular weight excluding hydrogens is 296 g/mol. The second-order valence-corrected chi connectivity index (χ2v) is 5.28. The van der Waals surface area contributed by atoms with Crippen molar-refractivity contribution in [2.75, 3.05) is 7.11 Å². The number of aromatic nitrogens is 2. The summed E-state index contributed by atoms with van der Waals surface area (Å²) in [4.78, 5) is 19.5. The summed E-state index contributed by atoms with van der Waals surface area (Å²) < 4.78 is 10.8. The Morgan fingerprint density at radius 1 is 1.62 bits per heavy atom. The van der Waals surface area contributed by atoms with Gasteiger partial charge in [0.15, 0.2) is 22.4 Å². The molecule has 0 atom stereocenters. The molecule has 0 spiro atoms. The predicted octanol–water partition coefficient (Wildman–Crippen LogP) is 2.66. The lowest BCUT2D eigenvalue weighted by Gasteiger charge is -1.94. The standard InChI is InChI=1S/C9H7BrN2O3S/c1-4-12-6(9(13)14-2)7(15-4)8-11-3-5(10)16-8/h3H,1-2H3. The number of carbonyl (C=O) groups is 1. The van der Waals surface area contributed by atoms with Gasteiger partial charge in [-0.15, -0.1) is 11.3 Å². The molecule has 2 rings (SSSR count). The molecule has 84 valence electrons. The highest BCUT2D eigenvalue weighted by Crippen LogP contribution is 2.31. The van der Waals surface area contributed by atoms with Crippen LogP contribution in [0.15, 0.2) is 14.4 Å². The van der Waals surface area contributed by atoms with Gasteiger partial charge in [-0.1, -0.05) is 0 Å². The number of esters is 1. The molecule has 0 aliphatic carbocycles. The summed E-state index contributed by atoms with van der Waals surface area (Å²) in [5.74, 6) is 0.222. The third kappa shape index (κ3) is 2.00. The number of rotatable bonds is 2. The van der Waals surface area contributed by atoms with Crippen molar-refractivity contribution in [2.45, 2.75) is 6.92 Å². The average Bonchev–Trinajstić information content (AvgIpc) is 2.83. The Bertz CT molecular complexity index is 535. The van der Waals surface area contributed by atoms with Crippen LogP contribution in [0.1, 0.15) is 16.4 Å². The molecular formula is C9H7BrN2O3S. The van der Waals surface area contributed by atoms with Gasteiger partial charge in [-0.2, -0.15) is 0 Å². The van der Waals surface area contributed by atoms with E-state index in [0.717, 1.165) is 3.79 Å². The quantitative estimate of drug-likeness (QED) is 0.798. The first kappa shape index (κ1) is 11.3. The first-order valence-corrected chi connectivity index (χ1v) is 5.90. The lowest BCUT2D eigenvalue weighted by atomic mass is 10.3. The van der Waals surface area contributed by atoms with E-state index in [1.54, 1.807) is 13.1 Å². The number of carbonyl (C=O) groups excluding carboxylic acids is 1. The molecule has 0 radical (unpaired) electrons. The van der Waals surface area contributed by atoms with Crippen LogP contribution in [0.5, 0.6) is 0 Å². The normalized spacial score (nSPS) is 10.4. The van der Waals surface area contributed by atoms with E-state index in [1.807, 2.05) is 0 Å². The van der Waals surface area contributed by atoms with Gasteiger partial charge in [-0.25, -0.2) is 14.8 Å². The molecule has 0 amide bonds. The zero-order valence-corrected chi connectivity index (χ0v) is 10.9. The van der Waals surface area contributed by atoms with E-state index in [4.69, 9.17) is 4.42 Å². The zero-order valence-electron chi connectivity index (χ0n) is 8.48. The Morgan fingerprint density at radius 2 is 2.38 bits per heavy atom. The number of halogens is 1. The van der Waals surface area contributed by atoms with Crippen LogP contribution in [-0.4, -0.2) is 23.0 Å². The zero-order chi connectivity index (χ0) is 11.7. The third-order valence-corrected chi connectivity index (χ3v) is 3.26. The molecule has 0 bridgehead atoms. The summed E-state index contributed by atoms with van der Waals surface area (Å²) in [6, 6.07) is 0.